The molecule has 0 saturated carbocycles. The number of anilines is 2. The predicted octanol–water partition coefficient (Wildman–Crippen LogP) is 0.897. The highest BCUT2D eigenvalue weighted by Crippen LogP contribution is 2.20. The van der Waals surface area contributed by atoms with Crippen LogP contribution in [0.15, 0.2) is 29.3 Å². The summed E-state index contributed by atoms with van der Waals surface area (Å²) in [5.41, 5.74) is 0.858. The summed E-state index contributed by atoms with van der Waals surface area (Å²) in [6.45, 7) is 9.20. The Bertz CT molecular complexity index is 984. The third-order valence-electron chi connectivity index (χ3n) is 4.59. The van der Waals surface area contributed by atoms with Gasteiger partial charge in [-0.2, -0.15) is 19.7 Å². The molecule has 0 amide bonds. The van der Waals surface area contributed by atoms with E-state index < -0.39 is 0 Å². The number of aromatic nitrogens is 6. The van der Waals surface area contributed by atoms with Gasteiger partial charge in [0.25, 0.3) is 11.3 Å². The second kappa shape index (κ2) is 6.40. The van der Waals surface area contributed by atoms with Gasteiger partial charge in [-0.05, 0) is 26.8 Å². The summed E-state index contributed by atoms with van der Waals surface area (Å²) in [5, 5.41) is 8.81. The van der Waals surface area contributed by atoms with Crippen LogP contribution >= 0.6 is 0 Å². The lowest BCUT2D eigenvalue weighted by Gasteiger charge is -2.36. The van der Waals surface area contributed by atoms with Crippen molar-refractivity contribution in [1.29, 1.82) is 0 Å². The van der Waals surface area contributed by atoms with Gasteiger partial charge in [0.2, 0.25) is 0 Å². The highest BCUT2D eigenvalue weighted by Gasteiger charge is 2.21. The van der Waals surface area contributed by atoms with E-state index in [4.69, 9.17) is 0 Å². The average molecular weight is 354 g/mol. The molecule has 0 aliphatic carbocycles. The topological polar surface area (TPSA) is 84.5 Å². The van der Waals surface area contributed by atoms with Crippen molar-refractivity contribution in [2.24, 2.45) is 0 Å². The Morgan fingerprint density at radius 3 is 2.54 bits per heavy atom. The van der Waals surface area contributed by atoms with E-state index in [1.165, 1.54) is 11.0 Å². The van der Waals surface area contributed by atoms with Gasteiger partial charge in [0.15, 0.2) is 0 Å². The van der Waals surface area contributed by atoms with Gasteiger partial charge in [-0.15, -0.1) is 0 Å². The van der Waals surface area contributed by atoms with Crippen LogP contribution < -0.4 is 15.4 Å². The molecule has 1 aliphatic rings. The first-order chi connectivity index (χ1) is 12.5. The fourth-order valence-electron chi connectivity index (χ4n) is 3.25. The monoisotopic (exact) mass is 354 g/mol. The highest BCUT2D eigenvalue weighted by atomic mass is 16.1. The molecule has 4 heterocycles. The molecule has 0 N–H and O–H groups in total. The molecule has 0 bridgehead atoms. The summed E-state index contributed by atoms with van der Waals surface area (Å²) >= 11 is 0. The van der Waals surface area contributed by atoms with Gasteiger partial charge in [0.1, 0.15) is 18.0 Å². The number of fused-ring (bicyclic) bond motifs is 1. The molecular weight excluding hydrogens is 332 g/mol. The highest BCUT2D eigenvalue weighted by molar-refractivity contribution is 5.49. The lowest BCUT2D eigenvalue weighted by Crippen LogP contribution is -2.48. The van der Waals surface area contributed by atoms with Crippen LogP contribution in [0.5, 0.6) is 0 Å². The van der Waals surface area contributed by atoms with Crippen LogP contribution in [0.4, 0.5) is 11.6 Å². The minimum Gasteiger partial charge on any atom is -0.353 e. The van der Waals surface area contributed by atoms with Gasteiger partial charge in [-0.3, -0.25) is 4.79 Å². The number of hydrogen-bond acceptors (Lipinski definition) is 7. The summed E-state index contributed by atoms with van der Waals surface area (Å²) < 4.78 is 3.31. The first kappa shape index (κ1) is 16.5. The van der Waals surface area contributed by atoms with Crippen molar-refractivity contribution >= 4 is 17.4 Å². The predicted molar refractivity (Wildman–Crippen MR) is 98.8 cm³/mol. The SMILES string of the molecule is Cc1cc(N2CCN(c3ccc(=O)n(C(C)C)n3)CC2)n2ncnc2n1. The summed E-state index contributed by atoms with van der Waals surface area (Å²) in [4.78, 5) is 25.0. The molecule has 0 atom stereocenters. The Balaban J connectivity index is 1.55. The molecule has 9 nitrogen and oxygen atoms in total. The Morgan fingerprint density at radius 2 is 1.81 bits per heavy atom. The molecule has 1 aliphatic heterocycles. The van der Waals surface area contributed by atoms with Crippen molar-refractivity contribution < 1.29 is 0 Å². The third-order valence-corrected chi connectivity index (χ3v) is 4.59. The Kier molecular flexibility index (Phi) is 4.06. The second-order valence-corrected chi connectivity index (χ2v) is 6.77. The molecule has 0 radical (unpaired) electrons. The molecular formula is C17H22N8O. The first-order valence-corrected chi connectivity index (χ1v) is 8.80. The minimum atomic E-state index is -0.0665. The normalized spacial score (nSPS) is 15.2. The van der Waals surface area contributed by atoms with Crippen LogP contribution in [-0.4, -0.2) is 55.5 Å². The van der Waals surface area contributed by atoms with Crippen molar-refractivity contribution in [2.45, 2.75) is 26.8 Å². The van der Waals surface area contributed by atoms with Gasteiger partial charge in [-0.1, -0.05) is 0 Å². The number of piperazine rings is 1. The molecule has 0 aromatic carbocycles. The van der Waals surface area contributed by atoms with Gasteiger partial charge in [0, 0.05) is 44.0 Å². The molecule has 136 valence electrons. The van der Waals surface area contributed by atoms with E-state index in [0.717, 1.165) is 43.5 Å². The molecule has 9 heteroatoms. The fourth-order valence-corrected chi connectivity index (χ4v) is 3.25. The maximum atomic E-state index is 11.9. The van der Waals surface area contributed by atoms with Gasteiger partial charge in [-0.25, -0.2) is 9.67 Å². The van der Waals surface area contributed by atoms with Crippen LogP contribution in [0.3, 0.4) is 0 Å². The second-order valence-electron chi connectivity index (χ2n) is 6.77. The Morgan fingerprint density at radius 1 is 1.08 bits per heavy atom. The molecule has 26 heavy (non-hydrogen) atoms. The van der Waals surface area contributed by atoms with E-state index in [1.807, 2.05) is 32.9 Å². The summed E-state index contributed by atoms with van der Waals surface area (Å²) in [6.07, 6.45) is 1.53. The minimum absolute atomic E-state index is 0.0455. The molecule has 0 spiro atoms. The van der Waals surface area contributed by atoms with Crippen LogP contribution in [0.2, 0.25) is 0 Å². The van der Waals surface area contributed by atoms with E-state index in [-0.39, 0.29) is 11.6 Å². The molecule has 4 rings (SSSR count). The first-order valence-electron chi connectivity index (χ1n) is 8.80. The van der Waals surface area contributed by atoms with Crippen LogP contribution in [0.1, 0.15) is 25.6 Å². The molecule has 0 unspecified atom stereocenters. The lowest BCUT2D eigenvalue weighted by molar-refractivity contribution is 0.497. The van der Waals surface area contributed by atoms with Gasteiger partial charge < -0.3 is 9.80 Å². The average Bonchev–Trinajstić information content (AvgIpc) is 3.09. The van der Waals surface area contributed by atoms with Crippen molar-refractivity contribution in [3.8, 4) is 0 Å². The van der Waals surface area contributed by atoms with Crippen LogP contribution in [0, 0.1) is 6.92 Å². The zero-order valence-corrected chi connectivity index (χ0v) is 15.2. The quantitative estimate of drug-likeness (QED) is 0.691. The third kappa shape index (κ3) is 2.89. The van der Waals surface area contributed by atoms with Crippen molar-refractivity contribution in [3.05, 3.63) is 40.6 Å². The maximum absolute atomic E-state index is 11.9. The van der Waals surface area contributed by atoms with E-state index in [0.29, 0.717) is 5.78 Å². The van der Waals surface area contributed by atoms with E-state index in [2.05, 4.69) is 30.0 Å². The zero-order valence-electron chi connectivity index (χ0n) is 15.2. The standard InChI is InChI=1S/C17H22N8O/c1-12(2)24-16(26)5-4-14(21-24)22-6-8-23(9-7-22)15-10-13(3)20-17-18-11-19-25(15)17/h4-5,10-12H,6-9H2,1-3H3. The Hall–Kier alpha value is -2.97. The molecule has 1 saturated heterocycles. The smallest absolute Gasteiger partial charge is 0.267 e. The van der Waals surface area contributed by atoms with Gasteiger partial charge >= 0.3 is 0 Å². The summed E-state index contributed by atoms with van der Waals surface area (Å²) in [7, 11) is 0. The van der Waals surface area contributed by atoms with E-state index >= 15 is 0 Å². The molecule has 3 aromatic rings. The van der Waals surface area contributed by atoms with Crippen LogP contribution in [-0.2, 0) is 0 Å². The lowest BCUT2D eigenvalue weighted by atomic mass is 10.3. The van der Waals surface area contributed by atoms with Crippen molar-refractivity contribution in [1.82, 2.24) is 29.4 Å². The summed E-state index contributed by atoms with van der Waals surface area (Å²) in [6, 6.07) is 5.49. The zero-order chi connectivity index (χ0) is 18.3. The maximum Gasteiger partial charge on any atom is 0.267 e. The number of nitrogens with zero attached hydrogens (tertiary/aromatic N) is 8. The number of rotatable bonds is 3. The number of hydrogen-bond donors (Lipinski definition) is 0. The fraction of sp³-hybridized carbons (Fsp3) is 0.471. The summed E-state index contributed by atoms with van der Waals surface area (Å²) in [5.74, 6) is 2.47. The van der Waals surface area contributed by atoms with Gasteiger partial charge in [0.05, 0.1) is 6.04 Å². The van der Waals surface area contributed by atoms with Crippen molar-refractivity contribution in [3.63, 3.8) is 0 Å². The molecule has 1 fully saturated rings. The van der Waals surface area contributed by atoms with E-state index in [9.17, 15) is 4.79 Å². The van der Waals surface area contributed by atoms with Crippen LogP contribution in [0.25, 0.3) is 5.78 Å². The molecule has 3 aromatic heterocycles. The Labute approximate surface area is 150 Å². The largest absolute Gasteiger partial charge is 0.353 e. The van der Waals surface area contributed by atoms with E-state index in [1.54, 1.807) is 10.6 Å². The van der Waals surface area contributed by atoms with Crippen molar-refractivity contribution in [2.75, 3.05) is 36.0 Å². The number of aryl methyl sites for hydroxylation is 1.